The molecule has 0 aliphatic carbocycles. The maximum absolute atomic E-state index is 5.76. The van der Waals surface area contributed by atoms with Gasteiger partial charge in [0.1, 0.15) is 5.82 Å². The Morgan fingerprint density at radius 3 is 3.00 bits per heavy atom. The quantitative estimate of drug-likeness (QED) is 0.856. The molecule has 0 saturated carbocycles. The molecule has 0 aromatic carbocycles. The second kappa shape index (κ2) is 5.08. The number of aromatic nitrogens is 2. The van der Waals surface area contributed by atoms with E-state index in [9.17, 15) is 0 Å². The molecule has 1 aliphatic heterocycles. The molecule has 0 atom stereocenters. The third-order valence-corrected chi connectivity index (χ3v) is 3.88. The van der Waals surface area contributed by atoms with E-state index in [0.29, 0.717) is 6.54 Å². The van der Waals surface area contributed by atoms with Crippen LogP contribution in [-0.4, -0.2) is 22.5 Å². The molecule has 1 saturated heterocycles. The minimum atomic E-state index is 0.572. The molecule has 0 spiro atoms. The number of nitrogens with two attached hydrogens (primary N) is 1. The summed E-state index contributed by atoms with van der Waals surface area (Å²) in [6.45, 7) is 2.85. The van der Waals surface area contributed by atoms with E-state index in [0.717, 1.165) is 30.9 Å². The van der Waals surface area contributed by atoms with Gasteiger partial charge in [-0.1, -0.05) is 6.07 Å². The number of fused-ring (bicyclic) bond motifs is 1. The van der Waals surface area contributed by atoms with Gasteiger partial charge in [-0.25, -0.2) is 4.98 Å². The zero-order valence-corrected chi connectivity index (χ0v) is 10.6. The lowest BCUT2D eigenvalue weighted by Gasteiger charge is -2.21. The molecular formula is C14H20N4. The van der Waals surface area contributed by atoms with Crippen LogP contribution in [0.15, 0.2) is 24.5 Å². The van der Waals surface area contributed by atoms with Gasteiger partial charge in [-0.3, -0.25) is 0 Å². The van der Waals surface area contributed by atoms with Crippen molar-refractivity contribution in [3.63, 3.8) is 0 Å². The van der Waals surface area contributed by atoms with Crippen molar-refractivity contribution >= 4 is 5.52 Å². The van der Waals surface area contributed by atoms with E-state index in [2.05, 4.69) is 33.0 Å². The van der Waals surface area contributed by atoms with Crippen LogP contribution >= 0.6 is 0 Å². The van der Waals surface area contributed by atoms with Gasteiger partial charge in [0, 0.05) is 19.2 Å². The van der Waals surface area contributed by atoms with Crippen molar-refractivity contribution in [3.8, 4) is 0 Å². The van der Waals surface area contributed by atoms with Crippen molar-refractivity contribution in [2.45, 2.75) is 25.8 Å². The first kappa shape index (κ1) is 11.7. The summed E-state index contributed by atoms with van der Waals surface area (Å²) >= 11 is 0. The van der Waals surface area contributed by atoms with E-state index < -0.39 is 0 Å². The van der Waals surface area contributed by atoms with Gasteiger partial charge >= 0.3 is 0 Å². The SMILES string of the molecule is NCc1cccn2c(CC3CCNCC3)ncc12. The number of nitrogens with zero attached hydrogens (tertiary/aromatic N) is 2. The van der Waals surface area contributed by atoms with Crippen LogP contribution in [0.5, 0.6) is 0 Å². The number of imidazole rings is 1. The predicted octanol–water partition coefficient (Wildman–Crippen LogP) is 1.34. The topological polar surface area (TPSA) is 55.4 Å². The van der Waals surface area contributed by atoms with Crippen molar-refractivity contribution in [3.05, 3.63) is 35.9 Å². The summed E-state index contributed by atoms with van der Waals surface area (Å²) in [6, 6.07) is 4.13. The highest BCUT2D eigenvalue weighted by molar-refractivity contribution is 5.54. The first-order chi connectivity index (χ1) is 8.88. The maximum Gasteiger partial charge on any atom is 0.113 e. The van der Waals surface area contributed by atoms with Gasteiger partial charge < -0.3 is 15.5 Å². The second-order valence-corrected chi connectivity index (χ2v) is 5.06. The third-order valence-electron chi connectivity index (χ3n) is 3.88. The van der Waals surface area contributed by atoms with E-state index in [1.807, 2.05) is 6.20 Å². The molecule has 3 rings (SSSR count). The molecule has 96 valence electrons. The van der Waals surface area contributed by atoms with E-state index >= 15 is 0 Å². The molecule has 4 heteroatoms. The molecule has 0 amide bonds. The van der Waals surface area contributed by atoms with Gasteiger partial charge in [0.2, 0.25) is 0 Å². The standard InChI is InChI=1S/C14H20N4/c15-9-12-2-1-7-18-13(12)10-17-14(18)8-11-3-5-16-6-4-11/h1-2,7,10-11,16H,3-6,8-9,15H2. The molecular weight excluding hydrogens is 224 g/mol. The molecule has 18 heavy (non-hydrogen) atoms. The molecule has 2 aromatic heterocycles. The summed E-state index contributed by atoms with van der Waals surface area (Å²) in [6.07, 6.45) is 7.64. The van der Waals surface area contributed by atoms with Gasteiger partial charge in [0.25, 0.3) is 0 Å². The van der Waals surface area contributed by atoms with Gasteiger partial charge in [-0.05, 0) is 43.5 Å². The average Bonchev–Trinajstić information content (AvgIpc) is 2.83. The third kappa shape index (κ3) is 2.13. The van der Waals surface area contributed by atoms with Crippen molar-refractivity contribution in [1.82, 2.24) is 14.7 Å². The van der Waals surface area contributed by atoms with E-state index in [1.165, 1.54) is 24.2 Å². The van der Waals surface area contributed by atoms with Gasteiger partial charge in [0.05, 0.1) is 11.7 Å². The van der Waals surface area contributed by atoms with Crippen LogP contribution in [0.3, 0.4) is 0 Å². The van der Waals surface area contributed by atoms with E-state index in [4.69, 9.17) is 5.73 Å². The fraction of sp³-hybridized carbons (Fsp3) is 0.500. The number of hydrogen-bond donors (Lipinski definition) is 2. The molecule has 0 unspecified atom stereocenters. The Morgan fingerprint density at radius 1 is 1.39 bits per heavy atom. The van der Waals surface area contributed by atoms with Crippen molar-refractivity contribution < 1.29 is 0 Å². The summed E-state index contributed by atoms with van der Waals surface area (Å²) < 4.78 is 2.20. The number of pyridine rings is 1. The van der Waals surface area contributed by atoms with Crippen LogP contribution < -0.4 is 11.1 Å². The Morgan fingerprint density at radius 2 is 2.22 bits per heavy atom. The Balaban J connectivity index is 1.88. The highest BCUT2D eigenvalue weighted by Crippen LogP contribution is 2.19. The van der Waals surface area contributed by atoms with Gasteiger partial charge in [-0.2, -0.15) is 0 Å². The Hall–Kier alpha value is -1.39. The summed E-state index contributed by atoms with van der Waals surface area (Å²) in [5, 5.41) is 3.41. The van der Waals surface area contributed by atoms with Crippen LogP contribution in [0.25, 0.3) is 5.52 Å². The summed E-state index contributed by atoms with van der Waals surface area (Å²) in [4.78, 5) is 4.59. The van der Waals surface area contributed by atoms with Crippen molar-refractivity contribution in [2.75, 3.05) is 13.1 Å². The molecule has 3 N–H and O–H groups in total. The molecule has 4 nitrogen and oxygen atoms in total. The van der Waals surface area contributed by atoms with Crippen LogP contribution in [0, 0.1) is 5.92 Å². The van der Waals surface area contributed by atoms with Crippen LogP contribution in [0.4, 0.5) is 0 Å². The highest BCUT2D eigenvalue weighted by Gasteiger charge is 2.16. The predicted molar refractivity (Wildman–Crippen MR) is 72.4 cm³/mol. The second-order valence-electron chi connectivity index (χ2n) is 5.06. The lowest BCUT2D eigenvalue weighted by Crippen LogP contribution is -2.29. The van der Waals surface area contributed by atoms with Gasteiger partial charge in [0.15, 0.2) is 0 Å². The Bertz CT molecular complexity index is 526. The number of hydrogen-bond acceptors (Lipinski definition) is 3. The first-order valence-corrected chi connectivity index (χ1v) is 6.73. The molecule has 3 heterocycles. The fourth-order valence-electron chi connectivity index (χ4n) is 2.80. The molecule has 2 aromatic rings. The van der Waals surface area contributed by atoms with Crippen LogP contribution in [0.2, 0.25) is 0 Å². The number of piperidine rings is 1. The monoisotopic (exact) mass is 244 g/mol. The largest absolute Gasteiger partial charge is 0.326 e. The van der Waals surface area contributed by atoms with Crippen LogP contribution in [0.1, 0.15) is 24.2 Å². The highest BCUT2D eigenvalue weighted by atomic mass is 15.0. The molecule has 1 fully saturated rings. The summed E-state index contributed by atoms with van der Waals surface area (Å²) in [5.74, 6) is 1.94. The zero-order chi connectivity index (χ0) is 12.4. The summed E-state index contributed by atoms with van der Waals surface area (Å²) in [7, 11) is 0. The normalized spacial score (nSPS) is 17.4. The van der Waals surface area contributed by atoms with Crippen molar-refractivity contribution in [1.29, 1.82) is 0 Å². The smallest absolute Gasteiger partial charge is 0.113 e. The number of nitrogens with one attached hydrogen (secondary N) is 1. The van der Waals surface area contributed by atoms with E-state index in [1.54, 1.807) is 0 Å². The Kier molecular flexibility index (Phi) is 3.30. The molecule has 0 radical (unpaired) electrons. The first-order valence-electron chi connectivity index (χ1n) is 6.73. The molecule has 0 bridgehead atoms. The fourth-order valence-corrected chi connectivity index (χ4v) is 2.80. The maximum atomic E-state index is 5.76. The average molecular weight is 244 g/mol. The minimum Gasteiger partial charge on any atom is -0.326 e. The zero-order valence-electron chi connectivity index (χ0n) is 10.6. The lowest BCUT2D eigenvalue weighted by molar-refractivity contribution is 0.367. The van der Waals surface area contributed by atoms with Crippen LogP contribution in [-0.2, 0) is 13.0 Å². The summed E-state index contributed by atoms with van der Waals surface area (Å²) in [5.41, 5.74) is 8.08. The van der Waals surface area contributed by atoms with Gasteiger partial charge in [-0.15, -0.1) is 0 Å². The minimum absolute atomic E-state index is 0.572. The van der Waals surface area contributed by atoms with E-state index in [-0.39, 0.29) is 0 Å². The van der Waals surface area contributed by atoms with Crippen molar-refractivity contribution in [2.24, 2.45) is 11.7 Å². The number of rotatable bonds is 3. The molecule has 1 aliphatic rings. The lowest BCUT2D eigenvalue weighted by atomic mass is 9.94. The Labute approximate surface area is 107 Å².